The van der Waals surface area contributed by atoms with Gasteiger partial charge in [-0.1, -0.05) is 31.2 Å². The summed E-state index contributed by atoms with van der Waals surface area (Å²) in [4.78, 5) is 0. The normalized spacial score (nSPS) is 18.4. The maximum absolute atomic E-state index is 5.38. The van der Waals surface area contributed by atoms with Crippen LogP contribution in [0.1, 0.15) is 36.8 Å². The quantitative estimate of drug-likeness (QED) is 0.696. The Morgan fingerprint density at radius 3 is 2.79 bits per heavy atom. The fourth-order valence-electron chi connectivity index (χ4n) is 2.10. The lowest BCUT2D eigenvalue weighted by Gasteiger charge is -2.22. The second kappa shape index (κ2) is 4.61. The van der Waals surface area contributed by atoms with Crippen LogP contribution in [0.2, 0.25) is 0 Å². The molecule has 1 heteroatoms. The summed E-state index contributed by atoms with van der Waals surface area (Å²) in [6.45, 7) is 4.07. The smallest absolute Gasteiger partial charge is 0.0471 e. The molecule has 0 aliphatic carbocycles. The number of hydrogen-bond donors (Lipinski definition) is 0. The molecule has 0 aromatic heterocycles. The SMILES string of the molecule is CCc1cccc(C2CCOCC2)c1. The molecule has 0 saturated carbocycles. The molecule has 0 radical (unpaired) electrons. The first kappa shape index (κ1) is 9.72. The molecule has 0 N–H and O–H groups in total. The van der Waals surface area contributed by atoms with Gasteiger partial charge in [-0.25, -0.2) is 0 Å². The highest BCUT2D eigenvalue weighted by Crippen LogP contribution is 2.27. The topological polar surface area (TPSA) is 9.23 Å². The van der Waals surface area contributed by atoms with Crippen molar-refractivity contribution in [1.82, 2.24) is 0 Å². The van der Waals surface area contributed by atoms with Crippen molar-refractivity contribution in [2.75, 3.05) is 13.2 Å². The van der Waals surface area contributed by atoms with Crippen molar-refractivity contribution in [3.8, 4) is 0 Å². The van der Waals surface area contributed by atoms with E-state index >= 15 is 0 Å². The van der Waals surface area contributed by atoms with Crippen molar-refractivity contribution in [3.63, 3.8) is 0 Å². The van der Waals surface area contributed by atoms with E-state index < -0.39 is 0 Å². The van der Waals surface area contributed by atoms with Gasteiger partial charge >= 0.3 is 0 Å². The molecule has 0 atom stereocenters. The zero-order valence-corrected chi connectivity index (χ0v) is 8.83. The Morgan fingerprint density at radius 2 is 2.07 bits per heavy atom. The fraction of sp³-hybridized carbons (Fsp3) is 0.538. The first-order valence-corrected chi connectivity index (χ1v) is 5.56. The van der Waals surface area contributed by atoms with Crippen LogP contribution in [-0.4, -0.2) is 13.2 Å². The molecule has 0 bridgehead atoms. The summed E-state index contributed by atoms with van der Waals surface area (Å²) >= 11 is 0. The second-order valence-corrected chi connectivity index (χ2v) is 3.99. The van der Waals surface area contributed by atoms with Gasteiger partial charge in [0.05, 0.1) is 0 Å². The molecule has 1 fully saturated rings. The van der Waals surface area contributed by atoms with Crippen molar-refractivity contribution in [2.45, 2.75) is 32.1 Å². The van der Waals surface area contributed by atoms with Gasteiger partial charge in [0.25, 0.3) is 0 Å². The average Bonchev–Trinajstić information content (AvgIpc) is 2.30. The van der Waals surface area contributed by atoms with Gasteiger partial charge < -0.3 is 4.74 Å². The van der Waals surface area contributed by atoms with Crippen molar-refractivity contribution in [2.24, 2.45) is 0 Å². The monoisotopic (exact) mass is 190 g/mol. The van der Waals surface area contributed by atoms with Gasteiger partial charge in [0, 0.05) is 13.2 Å². The van der Waals surface area contributed by atoms with Crippen LogP contribution in [0, 0.1) is 0 Å². The molecule has 14 heavy (non-hydrogen) atoms. The molecule has 1 aromatic carbocycles. The average molecular weight is 190 g/mol. The first-order chi connectivity index (χ1) is 6.90. The molecule has 1 aliphatic rings. The molecule has 1 aliphatic heterocycles. The predicted molar refractivity (Wildman–Crippen MR) is 58.6 cm³/mol. The van der Waals surface area contributed by atoms with Crippen LogP contribution in [0.3, 0.4) is 0 Å². The van der Waals surface area contributed by atoms with E-state index in [0.717, 1.165) is 25.6 Å². The van der Waals surface area contributed by atoms with Crippen molar-refractivity contribution in [3.05, 3.63) is 35.4 Å². The molecule has 0 unspecified atom stereocenters. The Labute approximate surface area is 86.1 Å². The maximum Gasteiger partial charge on any atom is 0.0471 e. The number of rotatable bonds is 2. The molecule has 1 saturated heterocycles. The Bertz CT molecular complexity index is 287. The van der Waals surface area contributed by atoms with E-state index in [2.05, 4.69) is 31.2 Å². The van der Waals surface area contributed by atoms with Gasteiger partial charge in [-0.05, 0) is 36.3 Å². The van der Waals surface area contributed by atoms with E-state index in [0.29, 0.717) is 0 Å². The minimum Gasteiger partial charge on any atom is -0.381 e. The van der Waals surface area contributed by atoms with Crippen LogP contribution in [0.5, 0.6) is 0 Å². The predicted octanol–water partition coefficient (Wildman–Crippen LogP) is 3.14. The van der Waals surface area contributed by atoms with Crippen molar-refractivity contribution in [1.29, 1.82) is 0 Å². The van der Waals surface area contributed by atoms with Gasteiger partial charge in [-0.15, -0.1) is 0 Å². The number of benzene rings is 1. The third kappa shape index (κ3) is 2.16. The number of aryl methyl sites for hydroxylation is 1. The summed E-state index contributed by atoms with van der Waals surface area (Å²) in [6, 6.07) is 9.01. The molecular formula is C13H18O. The van der Waals surface area contributed by atoms with E-state index in [-0.39, 0.29) is 0 Å². The van der Waals surface area contributed by atoms with Crippen LogP contribution < -0.4 is 0 Å². The van der Waals surface area contributed by atoms with Crippen LogP contribution >= 0.6 is 0 Å². The lowest BCUT2D eigenvalue weighted by molar-refractivity contribution is 0.0853. The summed E-state index contributed by atoms with van der Waals surface area (Å²) in [6.07, 6.45) is 3.51. The van der Waals surface area contributed by atoms with Crippen LogP contribution in [0.15, 0.2) is 24.3 Å². The summed E-state index contributed by atoms with van der Waals surface area (Å²) in [5, 5.41) is 0. The third-order valence-corrected chi connectivity index (χ3v) is 3.05. The molecular weight excluding hydrogens is 172 g/mol. The number of hydrogen-bond acceptors (Lipinski definition) is 1. The zero-order chi connectivity index (χ0) is 9.80. The molecule has 0 amide bonds. The Hall–Kier alpha value is -0.820. The van der Waals surface area contributed by atoms with Crippen molar-refractivity contribution >= 4 is 0 Å². The second-order valence-electron chi connectivity index (χ2n) is 3.99. The highest BCUT2D eigenvalue weighted by molar-refractivity contribution is 5.26. The first-order valence-electron chi connectivity index (χ1n) is 5.56. The highest BCUT2D eigenvalue weighted by atomic mass is 16.5. The standard InChI is InChI=1S/C13H18O/c1-2-11-4-3-5-13(10-11)12-6-8-14-9-7-12/h3-5,10,12H,2,6-9H2,1H3. The van der Waals surface area contributed by atoms with E-state index in [1.807, 2.05) is 0 Å². The summed E-state index contributed by atoms with van der Waals surface area (Å²) in [5.41, 5.74) is 2.96. The van der Waals surface area contributed by atoms with Gasteiger partial charge in [0.1, 0.15) is 0 Å². The van der Waals surface area contributed by atoms with E-state index in [1.165, 1.54) is 24.0 Å². The summed E-state index contributed by atoms with van der Waals surface area (Å²) in [7, 11) is 0. The van der Waals surface area contributed by atoms with Crippen molar-refractivity contribution < 1.29 is 4.74 Å². The van der Waals surface area contributed by atoms with E-state index in [4.69, 9.17) is 4.74 Å². The maximum atomic E-state index is 5.38. The highest BCUT2D eigenvalue weighted by Gasteiger charge is 2.15. The van der Waals surface area contributed by atoms with Crippen LogP contribution in [-0.2, 0) is 11.2 Å². The Balaban J connectivity index is 2.13. The van der Waals surface area contributed by atoms with Gasteiger partial charge in [0.2, 0.25) is 0 Å². The van der Waals surface area contributed by atoms with E-state index in [9.17, 15) is 0 Å². The number of ether oxygens (including phenoxy) is 1. The molecule has 0 spiro atoms. The Morgan fingerprint density at radius 1 is 1.29 bits per heavy atom. The van der Waals surface area contributed by atoms with Crippen LogP contribution in [0.25, 0.3) is 0 Å². The summed E-state index contributed by atoms with van der Waals surface area (Å²) < 4.78 is 5.38. The van der Waals surface area contributed by atoms with Gasteiger partial charge in [-0.2, -0.15) is 0 Å². The zero-order valence-electron chi connectivity index (χ0n) is 8.83. The van der Waals surface area contributed by atoms with Gasteiger partial charge in [0.15, 0.2) is 0 Å². The van der Waals surface area contributed by atoms with Crippen LogP contribution in [0.4, 0.5) is 0 Å². The fourth-order valence-corrected chi connectivity index (χ4v) is 2.10. The summed E-state index contributed by atoms with van der Waals surface area (Å²) in [5.74, 6) is 0.732. The molecule has 1 nitrogen and oxygen atoms in total. The lowest BCUT2D eigenvalue weighted by Crippen LogP contribution is -2.14. The lowest BCUT2D eigenvalue weighted by atomic mass is 9.90. The molecule has 2 rings (SSSR count). The minimum atomic E-state index is 0.732. The molecule has 1 heterocycles. The largest absolute Gasteiger partial charge is 0.381 e. The molecule has 1 aromatic rings. The Kier molecular flexibility index (Phi) is 3.20. The van der Waals surface area contributed by atoms with E-state index in [1.54, 1.807) is 0 Å². The van der Waals surface area contributed by atoms with Gasteiger partial charge in [-0.3, -0.25) is 0 Å². The third-order valence-electron chi connectivity index (χ3n) is 3.05. The minimum absolute atomic E-state index is 0.732. The molecule has 76 valence electrons.